The fraction of sp³-hybridized carbons (Fsp3) is 0.438. The third-order valence-corrected chi connectivity index (χ3v) is 3.92. The minimum Gasteiger partial charge on any atom is -0.445 e. The van der Waals surface area contributed by atoms with E-state index in [9.17, 15) is 14.7 Å². The van der Waals surface area contributed by atoms with Crippen molar-refractivity contribution < 1.29 is 24.3 Å². The highest BCUT2D eigenvalue weighted by Gasteiger charge is 2.28. The number of ether oxygens (including phenoxy) is 1. The van der Waals surface area contributed by atoms with Gasteiger partial charge < -0.3 is 25.3 Å². The fourth-order valence-corrected chi connectivity index (χ4v) is 2.57. The standard InChI is InChI=1S/C16H20BrN3O5/c1-10(21)14(15(22)18-8-12-7-13(17)20-25-12)19-16(23)24-9-11-5-3-2-4-6-11/h2-6,10,12,14,21H,7-9H2,1H3,(H,18,22)(H,19,23)/t10-,12?,14+/m1/s1. The molecule has 1 aromatic carbocycles. The van der Waals surface area contributed by atoms with Crippen molar-refractivity contribution in [2.24, 2.45) is 5.16 Å². The minimum atomic E-state index is -1.13. The van der Waals surface area contributed by atoms with E-state index in [1.165, 1.54) is 6.92 Å². The van der Waals surface area contributed by atoms with Crippen LogP contribution in [-0.4, -0.2) is 46.5 Å². The van der Waals surface area contributed by atoms with Gasteiger partial charge in [0.05, 0.1) is 12.6 Å². The Kier molecular flexibility index (Phi) is 7.20. The van der Waals surface area contributed by atoms with Crippen LogP contribution in [0.15, 0.2) is 35.5 Å². The van der Waals surface area contributed by atoms with Crippen LogP contribution in [0.5, 0.6) is 0 Å². The minimum absolute atomic E-state index is 0.0715. The Labute approximate surface area is 153 Å². The Morgan fingerprint density at radius 1 is 1.44 bits per heavy atom. The lowest BCUT2D eigenvalue weighted by Crippen LogP contribution is -2.53. The third kappa shape index (κ3) is 6.35. The van der Waals surface area contributed by atoms with Gasteiger partial charge in [-0.1, -0.05) is 35.5 Å². The van der Waals surface area contributed by atoms with E-state index in [2.05, 4.69) is 31.7 Å². The lowest BCUT2D eigenvalue weighted by molar-refractivity contribution is -0.126. The zero-order valence-corrected chi connectivity index (χ0v) is 15.2. The molecular formula is C16H20BrN3O5. The second-order valence-electron chi connectivity index (χ2n) is 5.57. The molecule has 0 bridgehead atoms. The summed E-state index contributed by atoms with van der Waals surface area (Å²) in [4.78, 5) is 29.1. The van der Waals surface area contributed by atoms with Crippen molar-refractivity contribution in [3.05, 3.63) is 35.9 Å². The van der Waals surface area contributed by atoms with Crippen molar-refractivity contribution in [3.8, 4) is 0 Å². The van der Waals surface area contributed by atoms with Crippen LogP contribution < -0.4 is 10.6 Å². The summed E-state index contributed by atoms with van der Waals surface area (Å²) in [5.74, 6) is -0.529. The van der Waals surface area contributed by atoms with Crippen molar-refractivity contribution >= 4 is 32.6 Å². The molecule has 1 heterocycles. The summed E-state index contributed by atoms with van der Waals surface area (Å²) in [6.07, 6.45) is -1.60. The molecule has 1 aliphatic rings. The predicted octanol–water partition coefficient (Wildman–Crippen LogP) is 1.28. The van der Waals surface area contributed by atoms with Crippen molar-refractivity contribution in [1.29, 1.82) is 0 Å². The average molecular weight is 414 g/mol. The maximum absolute atomic E-state index is 12.2. The average Bonchev–Trinajstić information content (AvgIpc) is 3.02. The molecule has 9 heteroatoms. The van der Waals surface area contributed by atoms with E-state index in [0.29, 0.717) is 11.0 Å². The highest BCUT2D eigenvalue weighted by Crippen LogP contribution is 2.13. The molecule has 3 N–H and O–H groups in total. The first-order valence-electron chi connectivity index (χ1n) is 7.77. The van der Waals surface area contributed by atoms with Gasteiger partial charge in [0.2, 0.25) is 5.91 Å². The molecule has 136 valence electrons. The molecule has 8 nitrogen and oxygen atoms in total. The van der Waals surface area contributed by atoms with Crippen molar-refractivity contribution in [1.82, 2.24) is 10.6 Å². The summed E-state index contributed by atoms with van der Waals surface area (Å²) in [5, 5.41) is 18.5. The van der Waals surface area contributed by atoms with Gasteiger partial charge in [0, 0.05) is 6.42 Å². The van der Waals surface area contributed by atoms with E-state index in [-0.39, 0.29) is 19.3 Å². The van der Waals surface area contributed by atoms with Gasteiger partial charge in [0.15, 0.2) is 6.10 Å². The van der Waals surface area contributed by atoms with Crippen LogP contribution in [-0.2, 0) is 21.0 Å². The number of nitrogens with zero attached hydrogens (tertiary/aromatic N) is 1. The summed E-state index contributed by atoms with van der Waals surface area (Å²) < 4.78 is 5.73. The Balaban J connectivity index is 1.78. The number of alkyl carbamates (subject to hydrolysis) is 1. The van der Waals surface area contributed by atoms with Gasteiger partial charge in [-0.2, -0.15) is 0 Å². The second kappa shape index (κ2) is 9.38. The zero-order valence-electron chi connectivity index (χ0n) is 13.6. The zero-order chi connectivity index (χ0) is 18.2. The molecule has 0 aliphatic carbocycles. The monoisotopic (exact) mass is 413 g/mol. The van der Waals surface area contributed by atoms with Gasteiger partial charge in [-0.25, -0.2) is 4.79 Å². The van der Waals surface area contributed by atoms with Crippen molar-refractivity contribution in [2.45, 2.75) is 38.2 Å². The molecule has 0 saturated heterocycles. The van der Waals surface area contributed by atoms with Gasteiger partial charge in [-0.05, 0) is 28.4 Å². The molecule has 0 aromatic heterocycles. The van der Waals surface area contributed by atoms with E-state index in [0.717, 1.165) is 5.56 Å². The number of hydrogen-bond acceptors (Lipinski definition) is 6. The Bertz CT molecular complexity index is 623. The van der Waals surface area contributed by atoms with Gasteiger partial charge in [0.1, 0.15) is 17.3 Å². The van der Waals surface area contributed by atoms with E-state index in [4.69, 9.17) is 9.57 Å². The van der Waals surface area contributed by atoms with Crippen LogP contribution in [0, 0.1) is 0 Å². The first kappa shape index (κ1) is 19.2. The van der Waals surface area contributed by atoms with Gasteiger partial charge in [-0.3, -0.25) is 4.79 Å². The normalized spacial score (nSPS) is 18.5. The van der Waals surface area contributed by atoms with Gasteiger partial charge >= 0.3 is 6.09 Å². The van der Waals surface area contributed by atoms with Gasteiger partial charge in [0.25, 0.3) is 0 Å². The first-order chi connectivity index (χ1) is 12.0. The molecule has 2 rings (SSSR count). The molecule has 2 amide bonds. The summed E-state index contributed by atoms with van der Waals surface area (Å²) in [6.45, 7) is 1.69. The SMILES string of the molecule is C[C@@H](O)[C@H](NC(=O)OCc1ccccc1)C(=O)NCC1CC(Br)=NO1. The van der Waals surface area contributed by atoms with E-state index < -0.39 is 24.1 Å². The molecule has 0 fully saturated rings. The van der Waals surface area contributed by atoms with Crippen LogP contribution in [0.4, 0.5) is 4.79 Å². The Morgan fingerprint density at radius 2 is 2.16 bits per heavy atom. The number of carbonyl (C=O) groups excluding carboxylic acids is 2. The second-order valence-corrected chi connectivity index (χ2v) is 6.48. The van der Waals surface area contributed by atoms with Crippen LogP contribution in [0.1, 0.15) is 18.9 Å². The Morgan fingerprint density at radius 3 is 2.76 bits per heavy atom. The van der Waals surface area contributed by atoms with E-state index in [1.807, 2.05) is 30.3 Å². The topological polar surface area (TPSA) is 109 Å². The number of amides is 2. The number of aliphatic hydroxyl groups excluding tert-OH is 1. The lowest BCUT2D eigenvalue weighted by atomic mass is 10.1. The quantitative estimate of drug-likeness (QED) is 0.623. The molecule has 25 heavy (non-hydrogen) atoms. The smallest absolute Gasteiger partial charge is 0.408 e. The number of carbonyl (C=O) groups is 2. The molecular weight excluding hydrogens is 394 g/mol. The molecule has 1 unspecified atom stereocenters. The summed E-state index contributed by atoms with van der Waals surface area (Å²) in [5.41, 5.74) is 0.819. The highest BCUT2D eigenvalue weighted by atomic mass is 79.9. The third-order valence-electron chi connectivity index (χ3n) is 3.45. The van der Waals surface area contributed by atoms with Crippen LogP contribution in [0.3, 0.4) is 0 Å². The number of rotatable bonds is 7. The summed E-state index contributed by atoms with van der Waals surface area (Å²) >= 11 is 3.21. The number of oxime groups is 1. The number of hydrogen-bond donors (Lipinski definition) is 3. The molecule has 0 saturated carbocycles. The summed E-state index contributed by atoms with van der Waals surface area (Å²) in [7, 11) is 0. The maximum Gasteiger partial charge on any atom is 0.408 e. The van der Waals surface area contributed by atoms with Crippen LogP contribution >= 0.6 is 15.9 Å². The molecule has 3 atom stereocenters. The van der Waals surface area contributed by atoms with E-state index in [1.54, 1.807) is 0 Å². The molecule has 0 radical (unpaired) electrons. The number of benzene rings is 1. The lowest BCUT2D eigenvalue weighted by Gasteiger charge is -2.21. The fourth-order valence-electron chi connectivity index (χ4n) is 2.12. The largest absolute Gasteiger partial charge is 0.445 e. The first-order valence-corrected chi connectivity index (χ1v) is 8.56. The predicted molar refractivity (Wildman–Crippen MR) is 94.1 cm³/mol. The van der Waals surface area contributed by atoms with Crippen LogP contribution in [0.25, 0.3) is 0 Å². The Hall–Kier alpha value is -2.13. The van der Waals surface area contributed by atoms with E-state index >= 15 is 0 Å². The number of nitrogens with one attached hydrogen (secondary N) is 2. The number of aliphatic hydroxyl groups is 1. The molecule has 1 aromatic rings. The summed E-state index contributed by atoms with van der Waals surface area (Å²) in [6, 6.07) is 8.01. The highest BCUT2D eigenvalue weighted by molar-refractivity contribution is 9.18. The van der Waals surface area contributed by atoms with Crippen molar-refractivity contribution in [2.75, 3.05) is 6.54 Å². The van der Waals surface area contributed by atoms with Crippen molar-refractivity contribution in [3.63, 3.8) is 0 Å². The van der Waals surface area contributed by atoms with Crippen LogP contribution in [0.2, 0.25) is 0 Å². The molecule has 0 spiro atoms. The maximum atomic E-state index is 12.2. The van der Waals surface area contributed by atoms with Gasteiger partial charge in [-0.15, -0.1) is 0 Å². The number of halogens is 1. The molecule has 1 aliphatic heterocycles.